The summed E-state index contributed by atoms with van der Waals surface area (Å²) in [5.41, 5.74) is 5.58. The summed E-state index contributed by atoms with van der Waals surface area (Å²) in [4.78, 5) is 2.52. The summed E-state index contributed by atoms with van der Waals surface area (Å²) < 4.78 is 7.86. The maximum atomic E-state index is 5.45. The molecular weight excluding hydrogens is 320 g/mol. The van der Waals surface area contributed by atoms with Gasteiger partial charge >= 0.3 is 0 Å². The smallest absolute Gasteiger partial charge is 0.0594 e. The predicted octanol–water partition coefficient (Wildman–Crippen LogP) is 4.26. The molecule has 0 atom stereocenters. The van der Waals surface area contributed by atoms with Crippen molar-refractivity contribution in [2.24, 2.45) is 0 Å². The van der Waals surface area contributed by atoms with Gasteiger partial charge in [-0.25, -0.2) is 0 Å². The molecule has 0 amide bonds. The second-order valence-corrected chi connectivity index (χ2v) is 7.28. The van der Waals surface area contributed by atoms with E-state index in [1.165, 1.54) is 40.6 Å². The van der Waals surface area contributed by atoms with Gasteiger partial charge in [0.15, 0.2) is 0 Å². The monoisotopic (exact) mass is 348 g/mol. The number of hydrogen-bond acceptors (Lipinski definition) is 2. The molecule has 1 fully saturated rings. The normalized spacial score (nSPS) is 15.6. The van der Waals surface area contributed by atoms with E-state index in [0.717, 1.165) is 39.3 Å². The third kappa shape index (κ3) is 3.84. The summed E-state index contributed by atoms with van der Waals surface area (Å²) in [7, 11) is 0. The lowest BCUT2D eigenvalue weighted by molar-refractivity contribution is 0.0375. The molecule has 1 saturated heterocycles. The SMILES string of the molecule is Cc1ccccc1Cn1cc(CCCN2CCOCC2)c2ccccc21. The summed E-state index contributed by atoms with van der Waals surface area (Å²) >= 11 is 0. The third-order valence-corrected chi connectivity index (χ3v) is 5.50. The molecule has 0 spiro atoms. The van der Waals surface area contributed by atoms with Crippen LogP contribution in [0.5, 0.6) is 0 Å². The van der Waals surface area contributed by atoms with E-state index in [9.17, 15) is 0 Å². The highest BCUT2D eigenvalue weighted by Gasteiger charge is 2.12. The van der Waals surface area contributed by atoms with Crippen LogP contribution in [0, 0.1) is 6.92 Å². The van der Waals surface area contributed by atoms with Crippen molar-refractivity contribution >= 4 is 10.9 Å². The van der Waals surface area contributed by atoms with E-state index in [1.807, 2.05) is 0 Å². The maximum Gasteiger partial charge on any atom is 0.0594 e. The van der Waals surface area contributed by atoms with Crippen molar-refractivity contribution in [2.75, 3.05) is 32.8 Å². The molecule has 3 aromatic rings. The first-order chi connectivity index (χ1) is 12.8. The molecule has 1 aliphatic heterocycles. The van der Waals surface area contributed by atoms with Crippen molar-refractivity contribution in [3.63, 3.8) is 0 Å². The number of rotatable bonds is 6. The molecule has 3 heteroatoms. The Kier molecular flexibility index (Phi) is 5.37. The van der Waals surface area contributed by atoms with Crippen molar-refractivity contribution in [2.45, 2.75) is 26.3 Å². The fraction of sp³-hybridized carbons (Fsp3) is 0.391. The predicted molar refractivity (Wildman–Crippen MR) is 108 cm³/mol. The molecule has 136 valence electrons. The summed E-state index contributed by atoms with van der Waals surface area (Å²) in [6, 6.07) is 17.5. The van der Waals surface area contributed by atoms with Crippen molar-refractivity contribution in [3.05, 3.63) is 71.4 Å². The average molecular weight is 348 g/mol. The number of morpholine rings is 1. The number of hydrogen-bond donors (Lipinski definition) is 0. The van der Waals surface area contributed by atoms with Crippen LogP contribution in [0.15, 0.2) is 54.7 Å². The van der Waals surface area contributed by atoms with Crippen molar-refractivity contribution < 1.29 is 4.74 Å². The molecule has 0 radical (unpaired) electrons. The van der Waals surface area contributed by atoms with Gasteiger partial charge in [0.2, 0.25) is 0 Å². The molecule has 0 unspecified atom stereocenters. The molecule has 4 rings (SSSR count). The number of para-hydroxylation sites is 1. The Morgan fingerprint density at radius 1 is 0.923 bits per heavy atom. The van der Waals surface area contributed by atoms with Crippen LogP contribution in [-0.4, -0.2) is 42.3 Å². The maximum absolute atomic E-state index is 5.45. The van der Waals surface area contributed by atoms with Gasteiger partial charge in [-0.1, -0.05) is 42.5 Å². The average Bonchev–Trinajstić information content (AvgIpc) is 3.02. The highest BCUT2D eigenvalue weighted by Crippen LogP contribution is 2.24. The van der Waals surface area contributed by atoms with Crippen LogP contribution in [0.2, 0.25) is 0 Å². The van der Waals surface area contributed by atoms with Crippen molar-refractivity contribution in [3.8, 4) is 0 Å². The Hall–Kier alpha value is -2.10. The lowest BCUT2D eigenvalue weighted by atomic mass is 10.1. The number of nitrogens with zero attached hydrogens (tertiary/aromatic N) is 2. The zero-order valence-corrected chi connectivity index (χ0v) is 15.7. The molecule has 3 nitrogen and oxygen atoms in total. The fourth-order valence-electron chi connectivity index (χ4n) is 3.94. The minimum Gasteiger partial charge on any atom is -0.379 e. The standard InChI is InChI=1S/C23H28N2O/c1-19-7-2-3-8-20(19)17-25-18-21(22-10-4-5-11-23(22)25)9-6-12-24-13-15-26-16-14-24/h2-5,7-8,10-11,18H,6,9,12-17H2,1H3. The van der Waals surface area contributed by atoms with Gasteiger partial charge in [-0.05, 0) is 49.1 Å². The second-order valence-electron chi connectivity index (χ2n) is 7.28. The van der Waals surface area contributed by atoms with Crippen LogP contribution in [0.4, 0.5) is 0 Å². The first kappa shape index (κ1) is 17.3. The van der Waals surface area contributed by atoms with Crippen molar-refractivity contribution in [1.82, 2.24) is 9.47 Å². The van der Waals surface area contributed by atoms with E-state index in [1.54, 1.807) is 0 Å². The third-order valence-electron chi connectivity index (χ3n) is 5.50. The number of aromatic nitrogens is 1. The van der Waals surface area contributed by atoms with E-state index < -0.39 is 0 Å². The molecule has 0 bridgehead atoms. The first-order valence-electron chi connectivity index (χ1n) is 9.72. The Balaban J connectivity index is 1.51. The Labute approximate surface area is 156 Å². The van der Waals surface area contributed by atoms with Crippen LogP contribution in [0.1, 0.15) is 23.1 Å². The van der Waals surface area contributed by atoms with E-state index in [-0.39, 0.29) is 0 Å². The summed E-state index contributed by atoms with van der Waals surface area (Å²) in [6.45, 7) is 8.23. The summed E-state index contributed by atoms with van der Waals surface area (Å²) in [5, 5.41) is 1.41. The lowest BCUT2D eigenvalue weighted by Crippen LogP contribution is -2.36. The molecule has 26 heavy (non-hydrogen) atoms. The van der Waals surface area contributed by atoms with Gasteiger partial charge in [-0.15, -0.1) is 0 Å². The number of benzene rings is 2. The summed E-state index contributed by atoms with van der Waals surface area (Å²) in [5.74, 6) is 0. The zero-order valence-electron chi connectivity index (χ0n) is 15.7. The van der Waals surface area contributed by atoms with Gasteiger partial charge in [-0.2, -0.15) is 0 Å². The highest BCUT2D eigenvalue weighted by atomic mass is 16.5. The van der Waals surface area contributed by atoms with Crippen LogP contribution >= 0.6 is 0 Å². The molecule has 1 aliphatic rings. The van der Waals surface area contributed by atoms with Gasteiger partial charge in [0.25, 0.3) is 0 Å². The Morgan fingerprint density at radius 2 is 1.69 bits per heavy atom. The van der Waals surface area contributed by atoms with Gasteiger partial charge in [0.05, 0.1) is 13.2 Å². The number of aryl methyl sites for hydroxylation is 2. The van der Waals surface area contributed by atoms with E-state index >= 15 is 0 Å². The lowest BCUT2D eigenvalue weighted by Gasteiger charge is -2.26. The molecule has 2 aromatic carbocycles. The zero-order chi connectivity index (χ0) is 17.8. The molecule has 2 heterocycles. The van der Waals surface area contributed by atoms with E-state index in [2.05, 4.69) is 71.1 Å². The highest BCUT2D eigenvalue weighted by molar-refractivity contribution is 5.84. The van der Waals surface area contributed by atoms with Gasteiger partial charge < -0.3 is 9.30 Å². The quantitative estimate of drug-likeness (QED) is 0.662. The van der Waals surface area contributed by atoms with Crippen LogP contribution in [0.3, 0.4) is 0 Å². The molecule has 0 aliphatic carbocycles. The van der Waals surface area contributed by atoms with Crippen LogP contribution in [0.25, 0.3) is 10.9 Å². The second kappa shape index (κ2) is 8.07. The van der Waals surface area contributed by atoms with E-state index in [0.29, 0.717) is 0 Å². The minimum absolute atomic E-state index is 0.885. The molecular formula is C23H28N2O. The molecule has 1 aromatic heterocycles. The van der Waals surface area contributed by atoms with Gasteiger partial charge in [0, 0.05) is 36.7 Å². The largest absolute Gasteiger partial charge is 0.379 e. The topological polar surface area (TPSA) is 17.4 Å². The van der Waals surface area contributed by atoms with Crippen LogP contribution < -0.4 is 0 Å². The Morgan fingerprint density at radius 3 is 2.54 bits per heavy atom. The number of ether oxygens (including phenoxy) is 1. The fourth-order valence-corrected chi connectivity index (χ4v) is 3.94. The molecule has 0 saturated carbocycles. The molecule has 0 N–H and O–H groups in total. The van der Waals surface area contributed by atoms with Gasteiger partial charge in [-0.3, -0.25) is 4.90 Å². The number of fused-ring (bicyclic) bond motifs is 1. The minimum atomic E-state index is 0.885. The summed E-state index contributed by atoms with van der Waals surface area (Å²) in [6.07, 6.45) is 4.72. The van der Waals surface area contributed by atoms with Crippen LogP contribution in [-0.2, 0) is 17.7 Å². The van der Waals surface area contributed by atoms with Gasteiger partial charge in [0.1, 0.15) is 0 Å². The van der Waals surface area contributed by atoms with E-state index in [4.69, 9.17) is 4.74 Å². The van der Waals surface area contributed by atoms with Crippen molar-refractivity contribution in [1.29, 1.82) is 0 Å². The Bertz CT molecular complexity index is 862. The first-order valence-corrected chi connectivity index (χ1v) is 9.72.